The molecule has 3 rings (SSSR count). The van der Waals surface area contributed by atoms with Crippen LogP contribution in [-0.4, -0.2) is 40.3 Å². The van der Waals surface area contributed by atoms with E-state index in [2.05, 4.69) is 15.7 Å². The summed E-state index contributed by atoms with van der Waals surface area (Å²) in [7, 11) is 1.81. The quantitative estimate of drug-likeness (QED) is 0.861. The molecular formula is C16H21N5O2S. The lowest BCUT2D eigenvalue weighted by atomic mass is 10.2. The van der Waals surface area contributed by atoms with Crippen molar-refractivity contribution in [1.29, 1.82) is 0 Å². The van der Waals surface area contributed by atoms with Gasteiger partial charge >= 0.3 is 6.03 Å². The minimum absolute atomic E-state index is 0.00887. The summed E-state index contributed by atoms with van der Waals surface area (Å²) in [6.07, 6.45) is 4.83. The van der Waals surface area contributed by atoms with Crippen LogP contribution in [0.3, 0.4) is 0 Å². The van der Waals surface area contributed by atoms with E-state index in [0.717, 1.165) is 12.1 Å². The lowest BCUT2D eigenvalue weighted by molar-refractivity contribution is -0.118. The van der Waals surface area contributed by atoms with Gasteiger partial charge in [-0.3, -0.25) is 9.48 Å². The van der Waals surface area contributed by atoms with Gasteiger partial charge in [0.1, 0.15) is 6.04 Å². The van der Waals surface area contributed by atoms with Crippen LogP contribution < -0.4 is 15.5 Å². The average molecular weight is 347 g/mol. The molecule has 0 unspecified atom stereocenters. The van der Waals surface area contributed by atoms with Crippen molar-refractivity contribution in [3.63, 3.8) is 0 Å². The molecule has 2 aromatic rings. The summed E-state index contributed by atoms with van der Waals surface area (Å²) in [4.78, 5) is 27.4. The molecule has 1 fully saturated rings. The normalized spacial score (nSPS) is 18.7. The van der Waals surface area contributed by atoms with Crippen LogP contribution in [0.2, 0.25) is 0 Å². The molecule has 1 saturated heterocycles. The standard InChI is InChI=1S/C16H21N5O2S/c1-11(8-13-4-3-7-24-13)18-16(23)19-14-5-6-21(15(14)22)12-9-17-20(2)10-12/h3-4,7,9-11,14H,5-6,8H2,1-2H3,(H2,18,19,23)/t11-,14+/m1/s1. The fourth-order valence-electron chi connectivity index (χ4n) is 2.82. The van der Waals surface area contributed by atoms with Crippen molar-refractivity contribution >= 4 is 29.0 Å². The molecule has 2 atom stereocenters. The summed E-state index contributed by atoms with van der Waals surface area (Å²) in [5, 5.41) is 11.8. The zero-order valence-corrected chi connectivity index (χ0v) is 14.5. The molecule has 2 aromatic heterocycles. The van der Waals surface area contributed by atoms with E-state index < -0.39 is 6.04 Å². The number of nitrogens with one attached hydrogen (secondary N) is 2. The number of urea groups is 1. The molecule has 0 saturated carbocycles. The van der Waals surface area contributed by atoms with Crippen LogP contribution in [0.15, 0.2) is 29.9 Å². The van der Waals surface area contributed by atoms with Gasteiger partial charge in [-0.15, -0.1) is 11.3 Å². The maximum absolute atomic E-state index is 12.4. The largest absolute Gasteiger partial charge is 0.335 e. The van der Waals surface area contributed by atoms with Gasteiger partial charge in [0.25, 0.3) is 0 Å². The molecule has 1 aliphatic rings. The number of carbonyl (C=O) groups excluding carboxylic acids is 2. The number of aromatic nitrogens is 2. The van der Waals surface area contributed by atoms with Gasteiger partial charge in [-0.25, -0.2) is 4.79 Å². The van der Waals surface area contributed by atoms with E-state index >= 15 is 0 Å². The Labute approximate surface area is 144 Å². The Hall–Kier alpha value is -2.35. The van der Waals surface area contributed by atoms with Crippen LogP contribution in [0.5, 0.6) is 0 Å². The van der Waals surface area contributed by atoms with E-state index in [0.29, 0.717) is 13.0 Å². The highest BCUT2D eigenvalue weighted by Crippen LogP contribution is 2.20. The van der Waals surface area contributed by atoms with Gasteiger partial charge < -0.3 is 15.5 Å². The van der Waals surface area contributed by atoms with Crippen molar-refractivity contribution in [3.05, 3.63) is 34.8 Å². The van der Waals surface area contributed by atoms with Crippen molar-refractivity contribution in [2.45, 2.75) is 31.8 Å². The molecule has 3 amide bonds. The number of hydrogen-bond acceptors (Lipinski definition) is 4. The van der Waals surface area contributed by atoms with Gasteiger partial charge in [0, 0.05) is 37.1 Å². The first-order valence-corrected chi connectivity index (χ1v) is 8.80. The van der Waals surface area contributed by atoms with E-state index in [1.54, 1.807) is 33.3 Å². The number of hydrogen-bond donors (Lipinski definition) is 2. The van der Waals surface area contributed by atoms with E-state index in [9.17, 15) is 9.59 Å². The Morgan fingerprint density at radius 2 is 2.38 bits per heavy atom. The highest BCUT2D eigenvalue weighted by atomic mass is 32.1. The highest BCUT2D eigenvalue weighted by Gasteiger charge is 2.34. The van der Waals surface area contributed by atoms with Crippen LogP contribution in [0.25, 0.3) is 0 Å². The van der Waals surface area contributed by atoms with Crippen molar-refractivity contribution in [2.24, 2.45) is 7.05 Å². The molecule has 0 aromatic carbocycles. The fraction of sp³-hybridized carbons (Fsp3) is 0.438. The number of anilines is 1. The van der Waals surface area contributed by atoms with Gasteiger partial charge in [-0.1, -0.05) is 6.07 Å². The maximum Gasteiger partial charge on any atom is 0.315 e. The molecule has 24 heavy (non-hydrogen) atoms. The summed E-state index contributed by atoms with van der Waals surface area (Å²) in [6.45, 7) is 2.54. The van der Waals surface area contributed by atoms with Crippen LogP contribution in [-0.2, 0) is 18.3 Å². The Morgan fingerprint density at radius 1 is 1.54 bits per heavy atom. The predicted octanol–water partition coefficient (Wildman–Crippen LogP) is 1.52. The van der Waals surface area contributed by atoms with Gasteiger partial charge in [-0.05, 0) is 24.8 Å². The number of carbonyl (C=O) groups is 2. The molecule has 128 valence electrons. The van der Waals surface area contributed by atoms with Crippen molar-refractivity contribution in [3.8, 4) is 0 Å². The molecule has 3 heterocycles. The third kappa shape index (κ3) is 3.76. The smallest absolute Gasteiger partial charge is 0.315 e. The molecule has 0 aliphatic carbocycles. The summed E-state index contributed by atoms with van der Waals surface area (Å²) in [6, 6.07) is 3.27. The van der Waals surface area contributed by atoms with Gasteiger partial charge in [-0.2, -0.15) is 5.10 Å². The fourth-order valence-corrected chi connectivity index (χ4v) is 3.66. The van der Waals surface area contributed by atoms with Crippen LogP contribution >= 0.6 is 11.3 Å². The molecule has 0 bridgehead atoms. The summed E-state index contributed by atoms with van der Waals surface area (Å²) in [5.41, 5.74) is 0.762. The molecule has 7 nitrogen and oxygen atoms in total. The van der Waals surface area contributed by atoms with Gasteiger partial charge in [0.05, 0.1) is 11.9 Å². The predicted molar refractivity (Wildman–Crippen MR) is 93.1 cm³/mol. The molecular weight excluding hydrogens is 326 g/mol. The first kappa shape index (κ1) is 16.5. The molecule has 8 heteroatoms. The van der Waals surface area contributed by atoms with Gasteiger partial charge in [0.2, 0.25) is 5.91 Å². The van der Waals surface area contributed by atoms with Crippen LogP contribution in [0, 0.1) is 0 Å². The maximum atomic E-state index is 12.4. The lowest BCUT2D eigenvalue weighted by Gasteiger charge is -2.17. The summed E-state index contributed by atoms with van der Waals surface area (Å²) < 4.78 is 1.66. The highest BCUT2D eigenvalue weighted by molar-refractivity contribution is 7.09. The topological polar surface area (TPSA) is 79.3 Å². The Morgan fingerprint density at radius 3 is 3.04 bits per heavy atom. The monoisotopic (exact) mass is 347 g/mol. The Kier molecular flexibility index (Phi) is 4.84. The van der Waals surface area contributed by atoms with Gasteiger partial charge in [0.15, 0.2) is 0 Å². The number of rotatable bonds is 5. The number of aryl methyl sites for hydroxylation is 1. The average Bonchev–Trinajstić information content (AvgIpc) is 3.23. The van der Waals surface area contributed by atoms with E-state index in [1.165, 1.54) is 4.88 Å². The zero-order valence-electron chi connectivity index (χ0n) is 13.7. The first-order chi connectivity index (χ1) is 11.5. The summed E-state index contributed by atoms with van der Waals surface area (Å²) >= 11 is 1.67. The lowest BCUT2D eigenvalue weighted by Crippen LogP contribution is -2.48. The zero-order chi connectivity index (χ0) is 17.1. The molecule has 1 aliphatic heterocycles. The molecule has 0 spiro atoms. The third-order valence-corrected chi connectivity index (χ3v) is 4.88. The first-order valence-electron chi connectivity index (χ1n) is 7.92. The second kappa shape index (κ2) is 7.04. The van der Waals surface area contributed by atoms with Crippen LogP contribution in [0.4, 0.5) is 10.5 Å². The van der Waals surface area contributed by atoms with E-state index in [1.807, 2.05) is 31.5 Å². The number of nitrogens with zero attached hydrogens (tertiary/aromatic N) is 3. The third-order valence-electron chi connectivity index (χ3n) is 3.98. The number of amides is 3. The second-order valence-corrected chi connectivity index (χ2v) is 7.04. The van der Waals surface area contributed by atoms with E-state index in [-0.39, 0.29) is 18.0 Å². The molecule has 0 radical (unpaired) electrons. The van der Waals surface area contributed by atoms with Crippen molar-refractivity contribution in [2.75, 3.05) is 11.4 Å². The van der Waals surface area contributed by atoms with Crippen molar-refractivity contribution < 1.29 is 9.59 Å². The number of thiophene rings is 1. The molecule has 2 N–H and O–H groups in total. The SMILES string of the molecule is C[C@H](Cc1cccs1)NC(=O)N[C@H]1CCN(c2cnn(C)c2)C1=O. The van der Waals surface area contributed by atoms with E-state index in [4.69, 9.17) is 0 Å². The summed E-state index contributed by atoms with van der Waals surface area (Å²) in [5.74, 6) is -0.0935. The second-order valence-electron chi connectivity index (χ2n) is 6.01. The Balaban J connectivity index is 1.50. The van der Waals surface area contributed by atoms with Crippen LogP contribution in [0.1, 0.15) is 18.2 Å². The van der Waals surface area contributed by atoms with Crippen molar-refractivity contribution in [1.82, 2.24) is 20.4 Å². The Bertz CT molecular complexity index is 712. The minimum Gasteiger partial charge on any atom is -0.335 e. The minimum atomic E-state index is -0.487.